The molecule has 0 atom stereocenters. The Morgan fingerprint density at radius 2 is 1.78 bits per heavy atom. The summed E-state index contributed by atoms with van der Waals surface area (Å²) < 4.78 is -0.376. The quantitative estimate of drug-likeness (QED) is 0.517. The van der Waals surface area contributed by atoms with Crippen molar-refractivity contribution in [3.8, 4) is 0 Å². The Bertz CT molecular complexity index is 609. The van der Waals surface area contributed by atoms with Crippen molar-refractivity contribution in [2.75, 3.05) is 30.4 Å². The number of rotatable bonds is 4. The van der Waals surface area contributed by atoms with Crippen molar-refractivity contribution in [3.63, 3.8) is 0 Å². The molecule has 4 heteroatoms. The third kappa shape index (κ3) is 4.08. The maximum absolute atomic E-state index is 12.8. The van der Waals surface area contributed by atoms with Crippen LogP contribution in [0.4, 0.5) is 11.4 Å². The Morgan fingerprint density at radius 1 is 1.22 bits per heavy atom. The van der Waals surface area contributed by atoms with Crippen LogP contribution in [0.3, 0.4) is 0 Å². The maximum atomic E-state index is 12.8. The van der Waals surface area contributed by atoms with Gasteiger partial charge in [-0.05, 0) is 49.9 Å². The average Bonchev–Trinajstić information content (AvgIpc) is 2.45. The van der Waals surface area contributed by atoms with Crippen LogP contribution in [0.2, 0.25) is 0 Å². The van der Waals surface area contributed by atoms with Gasteiger partial charge in [0.25, 0.3) is 0 Å². The second kappa shape index (κ2) is 6.46. The lowest BCUT2D eigenvalue weighted by molar-refractivity contribution is -0.117. The number of carbonyl (C=O) groups is 1. The number of hydrogen-bond donors (Lipinski definition) is 0. The Labute approximate surface area is 153 Å². The van der Waals surface area contributed by atoms with E-state index in [1.165, 1.54) is 5.69 Å². The molecule has 0 aromatic heterocycles. The van der Waals surface area contributed by atoms with E-state index in [1.54, 1.807) is 0 Å². The first-order chi connectivity index (χ1) is 10.5. The third-order valence-electron chi connectivity index (χ3n) is 4.47. The van der Waals surface area contributed by atoms with Crippen LogP contribution in [0.15, 0.2) is 36.0 Å². The van der Waals surface area contributed by atoms with E-state index in [4.69, 9.17) is 0 Å². The molecule has 3 nitrogen and oxygen atoms in total. The molecule has 0 radical (unpaired) electrons. The van der Waals surface area contributed by atoms with Crippen molar-refractivity contribution < 1.29 is 4.79 Å². The summed E-state index contributed by atoms with van der Waals surface area (Å²) in [6, 6.07) is 8.49. The van der Waals surface area contributed by atoms with E-state index >= 15 is 0 Å². The van der Waals surface area contributed by atoms with Gasteiger partial charge >= 0.3 is 0 Å². The van der Waals surface area contributed by atoms with Gasteiger partial charge in [0.1, 0.15) is 0 Å². The summed E-state index contributed by atoms with van der Waals surface area (Å²) in [5, 5.41) is 0. The highest BCUT2D eigenvalue weighted by molar-refractivity contribution is 14.1. The monoisotopic (exact) mass is 426 g/mol. The number of hydrogen-bond acceptors (Lipinski definition) is 3. The second-order valence-electron chi connectivity index (χ2n) is 7.58. The smallest absolute Gasteiger partial charge is 0.176 e. The molecule has 0 saturated heterocycles. The van der Waals surface area contributed by atoms with Gasteiger partial charge in [-0.15, -0.1) is 0 Å². The Morgan fingerprint density at radius 3 is 2.26 bits per heavy atom. The molecule has 23 heavy (non-hydrogen) atoms. The minimum Gasteiger partial charge on any atom is -0.378 e. The molecule has 0 saturated carbocycles. The maximum Gasteiger partial charge on any atom is 0.176 e. The van der Waals surface area contributed by atoms with Crippen LogP contribution in [-0.2, 0) is 4.79 Å². The third-order valence-corrected chi connectivity index (χ3v) is 4.96. The summed E-state index contributed by atoms with van der Waals surface area (Å²) in [4.78, 5) is 17.1. The lowest BCUT2D eigenvalue weighted by Crippen LogP contribution is -2.39. The minimum atomic E-state index is -0.376. The van der Waals surface area contributed by atoms with Crippen molar-refractivity contribution in [3.05, 3.63) is 36.0 Å². The number of anilines is 2. The summed E-state index contributed by atoms with van der Waals surface area (Å²) in [5.41, 5.74) is 3.18. The Hall–Kier alpha value is -1.04. The fraction of sp³-hybridized carbons (Fsp3) is 0.526. The normalized spacial score (nSPS) is 17.7. The highest BCUT2D eigenvalue weighted by Crippen LogP contribution is 2.40. The summed E-state index contributed by atoms with van der Waals surface area (Å²) >= 11 is 2.24. The first-order valence-corrected chi connectivity index (χ1v) is 9.10. The van der Waals surface area contributed by atoms with E-state index in [0.29, 0.717) is 0 Å². The fourth-order valence-electron chi connectivity index (χ4n) is 2.76. The van der Waals surface area contributed by atoms with E-state index in [1.807, 2.05) is 27.9 Å². The van der Waals surface area contributed by atoms with Crippen LogP contribution < -0.4 is 9.80 Å². The number of Topliss-reactive ketones (excluding diaryl/α,β-unsaturated/α-hetero) is 1. The molecule has 1 aromatic rings. The predicted octanol–water partition coefficient (Wildman–Crippen LogP) is 4.66. The fourth-order valence-corrected chi connectivity index (χ4v) is 3.05. The molecule has 1 heterocycles. The molecular formula is C19H27IN2O. The van der Waals surface area contributed by atoms with Gasteiger partial charge in [0.15, 0.2) is 5.78 Å². The molecular weight excluding hydrogens is 399 g/mol. The number of nitrogens with zero attached hydrogens (tertiary/aromatic N) is 2. The molecule has 0 unspecified atom stereocenters. The van der Waals surface area contributed by atoms with E-state index in [9.17, 15) is 4.79 Å². The van der Waals surface area contributed by atoms with E-state index < -0.39 is 0 Å². The highest BCUT2D eigenvalue weighted by Gasteiger charge is 2.38. The standard InChI is InChI=1S/C19H27IN2O/c1-18(2)11-12-22(13-16(18)17(23)19(3,4)20)15-9-7-14(8-10-15)21(5)6/h7-10,13H,11-12H2,1-6H3. The largest absolute Gasteiger partial charge is 0.378 e. The number of alkyl halides is 1. The van der Waals surface area contributed by atoms with Gasteiger partial charge in [0, 0.05) is 43.8 Å². The molecule has 2 rings (SSSR count). The minimum absolute atomic E-state index is 0.0698. The zero-order valence-corrected chi connectivity index (χ0v) is 17.1. The van der Waals surface area contributed by atoms with Crippen LogP contribution in [-0.4, -0.2) is 29.8 Å². The van der Waals surface area contributed by atoms with Crippen LogP contribution in [0.1, 0.15) is 34.1 Å². The van der Waals surface area contributed by atoms with Crippen molar-refractivity contribution in [2.45, 2.75) is 37.5 Å². The molecule has 0 N–H and O–H groups in total. The lowest BCUT2D eigenvalue weighted by atomic mass is 9.75. The van der Waals surface area contributed by atoms with E-state index in [2.05, 4.69) is 76.7 Å². The SMILES string of the molecule is CN(C)c1ccc(N2C=C(C(=O)C(C)(C)I)C(C)(C)CC2)cc1. The number of ketones is 1. The average molecular weight is 426 g/mol. The topological polar surface area (TPSA) is 23.6 Å². The van der Waals surface area contributed by atoms with Gasteiger partial charge in [0.2, 0.25) is 0 Å². The predicted molar refractivity (Wildman–Crippen MR) is 108 cm³/mol. The van der Waals surface area contributed by atoms with Crippen molar-refractivity contribution >= 4 is 39.7 Å². The molecule has 126 valence electrons. The highest BCUT2D eigenvalue weighted by atomic mass is 127. The van der Waals surface area contributed by atoms with Crippen molar-refractivity contribution in [2.24, 2.45) is 5.41 Å². The summed E-state index contributed by atoms with van der Waals surface area (Å²) in [5.74, 6) is 0.234. The molecule has 1 aromatic carbocycles. The van der Waals surface area contributed by atoms with Gasteiger partial charge in [0.05, 0.1) is 3.42 Å². The Balaban J connectivity index is 2.35. The Kier molecular flexibility index (Phi) is 5.14. The first-order valence-electron chi connectivity index (χ1n) is 8.02. The lowest BCUT2D eigenvalue weighted by Gasteiger charge is -2.38. The summed E-state index contributed by atoms with van der Waals surface area (Å²) in [6.45, 7) is 9.25. The number of benzene rings is 1. The van der Waals surface area contributed by atoms with E-state index in [-0.39, 0.29) is 14.6 Å². The number of carbonyl (C=O) groups excluding carboxylic acids is 1. The molecule has 1 aliphatic rings. The van der Waals surface area contributed by atoms with Crippen molar-refractivity contribution in [1.82, 2.24) is 0 Å². The zero-order chi connectivity index (χ0) is 17.4. The molecule has 0 aliphatic carbocycles. The van der Waals surface area contributed by atoms with Gasteiger partial charge < -0.3 is 9.80 Å². The summed E-state index contributed by atoms with van der Waals surface area (Å²) in [6.07, 6.45) is 3.05. The molecule has 0 amide bonds. The van der Waals surface area contributed by atoms with Crippen LogP contribution in [0, 0.1) is 5.41 Å². The number of halogens is 1. The molecule has 0 bridgehead atoms. The zero-order valence-electron chi connectivity index (χ0n) is 15.0. The van der Waals surface area contributed by atoms with Gasteiger partial charge in [-0.3, -0.25) is 4.79 Å². The molecule has 1 aliphatic heterocycles. The summed E-state index contributed by atoms with van der Waals surface area (Å²) in [7, 11) is 4.08. The van der Waals surface area contributed by atoms with E-state index in [0.717, 1.165) is 24.2 Å². The molecule has 0 fully saturated rings. The van der Waals surface area contributed by atoms with Crippen LogP contribution >= 0.6 is 22.6 Å². The molecule has 0 spiro atoms. The van der Waals surface area contributed by atoms with Crippen LogP contribution in [0.5, 0.6) is 0 Å². The van der Waals surface area contributed by atoms with Crippen LogP contribution in [0.25, 0.3) is 0 Å². The second-order valence-corrected chi connectivity index (χ2v) is 10.3. The van der Waals surface area contributed by atoms with Crippen molar-refractivity contribution in [1.29, 1.82) is 0 Å². The first kappa shape index (κ1) is 18.3. The van der Waals surface area contributed by atoms with Gasteiger partial charge in [-0.2, -0.15) is 0 Å². The van der Waals surface area contributed by atoms with Gasteiger partial charge in [-0.1, -0.05) is 36.4 Å². The number of allylic oxidation sites excluding steroid dienone is 1. The van der Waals surface area contributed by atoms with Gasteiger partial charge in [-0.25, -0.2) is 0 Å².